The van der Waals surface area contributed by atoms with Crippen molar-refractivity contribution in [1.82, 2.24) is 38.2 Å². The molecule has 15 nitrogen and oxygen atoms in total. The van der Waals surface area contributed by atoms with E-state index in [4.69, 9.17) is 10.5 Å². The second kappa shape index (κ2) is 11.3. The summed E-state index contributed by atoms with van der Waals surface area (Å²) in [6, 6.07) is 7.12. The summed E-state index contributed by atoms with van der Waals surface area (Å²) in [7, 11) is 1.73. The Morgan fingerprint density at radius 1 is 1.05 bits per heavy atom. The molecule has 4 N–H and O–H groups in total. The highest BCUT2D eigenvalue weighted by Gasteiger charge is 2.22. The Morgan fingerprint density at radius 3 is 2.49 bits per heavy atom. The van der Waals surface area contributed by atoms with Gasteiger partial charge in [-0.2, -0.15) is 9.97 Å². The van der Waals surface area contributed by atoms with Crippen LogP contribution >= 0.6 is 0 Å². The number of hydrogen-bond donors (Lipinski definition) is 3. The smallest absolute Gasteiger partial charge is 0.332 e. The number of aromatic nitrogens is 8. The Hall–Kier alpha value is -5.05. The number of nitrogens with one attached hydrogen (secondary N) is 2. The van der Waals surface area contributed by atoms with E-state index in [0.717, 1.165) is 12.8 Å². The summed E-state index contributed by atoms with van der Waals surface area (Å²) in [6.45, 7) is 4.93. The summed E-state index contributed by atoms with van der Waals surface area (Å²) in [6.07, 6.45) is 3.84. The van der Waals surface area contributed by atoms with Gasteiger partial charge in [0.2, 0.25) is 11.9 Å². The highest BCUT2D eigenvalue weighted by molar-refractivity contribution is 5.91. The number of nitrogens with two attached hydrogens (primary N) is 1. The normalized spacial score (nSPS) is 15.0. The number of aryl methyl sites for hydroxylation is 3. The van der Waals surface area contributed by atoms with Crippen molar-refractivity contribution in [3.8, 4) is 0 Å². The Balaban J connectivity index is 1.12. The fraction of sp³-hybridized carbons (Fsp3) is 0.393. The molecule has 1 unspecified atom stereocenters. The second-order valence-electron chi connectivity index (χ2n) is 10.3. The van der Waals surface area contributed by atoms with Crippen molar-refractivity contribution in [3.05, 3.63) is 57.3 Å². The Bertz CT molecular complexity index is 1950. The first kappa shape index (κ1) is 28.1. The Labute approximate surface area is 245 Å². The number of amides is 1. The number of nitrogen functional groups attached to an aromatic ring is 1. The third-order valence-corrected chi connectivity index (χ3v) is 7.63. The van der Waals surface area contributed by atoms with Crippen LogP contribution in [-0.2, 0) is 36.1 Å². The maximum atomic E-state index is 12.9. The monoisotopic (exact) mass is 587 g/mol. The Morgan fingerprint density at radius 2 is 1.79 bits per heavy atom. The molecule has 5 aromatic rings. The van der Waals surface area contributed by atoms with Crippen molar-refractivity contribution in [2.45, 2.75) is 58.8 Å². The molecular formula is C28H33N11O4. The molecule has 1 aliphatic rings. The molecule has 0 bridgehead atoms. The zero-order chi connectivity index (χ0) is 30.2. The van der Waals surface area contributed by atoms with Gasteiger partial charge in [0.05, 0.1) is 6.33 Å². The molecule has 4 aromatic heterocycles. The second-order valence-corrected chi connectivity index (χ2v) is 10.3. The number of benzene rings is 1. The third-order valence-electron chi connectivity index (χ3n) is 7.63. The molecule has 0 radical (unpaired) electrons. The van der Waals surface area contributed by atoms with Gasteiger partial charge in [-0.05, 0) is 51.0 Å². The largest absolute Gasteiger partial charge is 0.382 e. The lowest BCUT2D eigenvalue weighted by Gasteiger charge is -2.12. The number of imidazole rings is 2. The van der Waals surface area contributed by atoms with Crippen LogP contribution in [0.3, 0.4) is 0 Å². The van der Waals surface area contributed by atoms with Gasteiger partial charge in [0.1, 0.15) is 17.6 Å². The van der Waals surface area contributed by atoms with Crippen molar-refractivity contribution in [3.63, 3.8) is 0 Å². The number of rotatable bonds is 9. The van der Waals surface area contributed by atoms with Crippen LogP contribution in [-0.4, -0.2) is 50.7 Å². The van der Waals surface area contributed by atoms with Crippen LogP contribution in [0.25, 0.3) is 22.3 Å². The van der Waals surface area contributed by atoms with Crippen LogP contribution in [0, 0.1) is 0 Å². The molecule has 6 rings (SSSR count). The molecule has 1 amide bonds. The Kier molecular flexibility index (Phi) is 7.39. The fourth-order valence-electron chi connectivity index (χ4n) is 5.39. The topological polar surface area (TPSA) is 182 Å². The van der Waals surface area contributed by atoms with Gasteiger partial charge in [-0.3, -0.25) is 23.3 Å². The summed E-state index contributed by atoms with van der Waals surface area (Å²) in [4.78, 5) is 56.2. The van der Waals surface area contributed by atoms with Crippen LogP contribution in [0.5, 0.6) is 0 Å². The minimum absolute atomic E-state index is 0.123. The van der Waals surface area contributed by atoms with Crippen molar-refractivity contribution in [2.24, 2.45) is 7.05 Å². The summed E-state index contributed by atoms with van der Waals surface area (Å²) >= 11 is 0. The molecule has 1 fully saturated rings. The zero-order valence-electron chi connectivity index (χ0n) is 24.2. The van der Waals surface area contributed by atoms with E-state index in [2.05, 4.69) is 30.6 Å². The molecule has 0 saturated carbocycles. The molecule has 1 aliphatic heterocycles. The van der Waals surface area contributed by atoms with E-state index in [1.54, 1.807) is 49.1 Å². The molecule has 0 aliphatic carbocycles. The van der Waals surface area contributed by atoms with E-state index in [1.807, 2.05) is 11.5 Å². The number of nitrogens with zero attached hydrogens (tertiary/aromatic N) is 8. The number of ether oxygens (including phenoxy) is 1. The quantitative estimate of drug-likeness (QED) is 0.231. The van der Waals surface area contributed by atoms with Crippen LogP contribution < -0.4 is 27.6 Å². The zero-order valence-corrected chi connectivity index (χ0v) is 24.2. The van der Waals surface area contributed by atoms with Gasteiger partial charge in [-0.1, -0.05) is 0 Å². The summed E-state index contributed by atoms with van der Waals surface area (Å²) in [5.74, 6) is 0.927. The lowest BCUT2D eigenvalue weighted by atomic mass is 10.2. The first-order valence-electron chi connectivity index (χ1n) is 14.3. The van der Waals surface area contributed by atoms with Crippen molar-refractivity contribution in [2.75, 3.05) is 23.0 Å². The first-order valence-corrected chi connectivity index (χ1v) is 14.3. The number of hydrogen-bond acceptors (Lipinski definition) is 10. The lowest BCUT2D eigenvalue weighted by Crippen LogP contribution is -2.39. The van der Waals surface area contributed by atoms with Gasteiger partial charge >= 0.3 is 5.69 Å². The van der Waals surface area contributed by atoms with Gasteiger partial charge in [0.25, 0.3) is 5.56 Å². The molecule has 1 aromatic carbocycles. The summed E-state index contributed by atoms with van der Waals surface area (Å²) in [5.41, 5.74) is 8.51. The van der Waals surface area contributed by atoms with E-state index < -0.39 is 0 Å². The lowest BCUT2D eigenvalue weighted by molar-refractivity contribution is -0.116. The van der Waals surface area contributed by atoms with Crippen molar-refractivity contribution >= 4 is 51.4 Å². The summed E-state index contributed by atoms with van der Waals surface area (Å²) in [5, 5.41) is 6.04. The highest BCUT2D eigenvalue weighted by atomic mass is 16.5. The fourth-order valence-corrected chi connectivity index (χ4v) is 5.39. The van der Waals surface area contributed by atoms with E-state index in [-0.39, 0.29) is 42.2 Å². The van der Waals surface area contributed by atoms with Crippen LogP contribution in [0.1, 0.15) is 45.2 Å². The maximum absolute atomic E-state index is 12.9. The SMILES string of the molecule is CCn1c(=O)c2c(nc(CCC(=O)Nc3ccc(Nc4nc(N)c5ncn(C6CCCO6)c5n4)cc3)n2C)n(CC)c1=O. The first-order chi connectivity index (χ1) is 20.8. The number of carbonyl (C=O) groups is 1. The molecule has 0 spiro atoms. The highest BCUT2D eigenvalue weighted by Crippen LogP contribution is 2.28. The minimum Gasteiger partial charge on any atom is -0.382 e. The van der Waals surface area contributed by atoms with E-state index in [0.29, 0.717) is 65.0 Å². The molecule has 1 saturated heterocycles. The minimum atomic E-state index is -0.385. The van der Waals surface area contributed by atoms with Gasteiger partial charge in [0, 0.05) is 51.0 Å². The predicted molar refractivity (Wildman–Crippen MR) is 161 cm³/mol. The molecule has 1 atom stereocenters. The third kappa shape index (κ3) is 5.11. The number of anilines is 4. The van der Waals surface area contributed by atoms with Gasteiger partial charge < -0.3 is 25.7 Å². The number of carbonyl (C=O) groups excluding carboxylic acids is 1. The molecular weight excluding hydrogens is 554 g/mol. The van der Waals surface area contributed by atoms with Crippen molar-refractivity contribution in [1.29, 1.82) is 0 Å². The van der Waals surface area contributed by atoms with Crippen LogP contribution in [0.15, 0.2) is 40.2 Å². The maximum Gasteiger partial charge on any atom is 0.332 e. The van der Waals surface area contributed by atoms with Crippen LogP contribution in [0.2, 0.25) is 0 Å². The molecule has 224 valence electrons. The predicted octanol–water partition coefficient (Wildman–Crippen LogP) is 2.28. The molecule has 15 heteroatoms. The van der Waals surface area contributed by atoms with E-state index in [9.17, 15) is 14.4 Å². The number of fused-ring (bicyclic) bond motifs is 2. The van der Waals surface area contributed by atoms with Gasteiger partial charge in [-0.15, -0.1) is 0 Å². The molecule has 43 heavy (non-hydrogen) atoms. The van der Waals surface area contributed by atoms with E-state index >= 15 is 0 Å². The van der Waals surface area contributed by atoms with Gasteiger partial charge in [0.15, 0.2) is 22.6 Å². The van der Waals surface area contributed by atoms with Gasteiger partial charge in [-0.25, -0.2) is 14.8 Å². The summed E-state index contributed by atoms with van der Waals surface area (Å²) < 4.78 is 12.0. The van der Waals surface area contributed by atoms with Crippen molar-refractivity contribution < 1.29 is 9.53 Å². The average Bonchev–Trinajstić information content (AvgIpc) is 3.73. The van der Waals surface area contributed by atoms with E-state index in [1.165, 1.54) is 9.13 Å². The van der Waals surface area contributed by atoms with Crippen LogP contribution in [0.4, 0.5) is 23.1 Å². The molecule has 5 heterocycles. The standard InChI is InChI=1S/C28H33N11O4/c1-4-37-25-22(26(41)38(5-2)28(37)42)36(3)18(33-25)12-13-19(40)31-16-8-10-17(11-9-16)32-27-34-23(29)21-24(35-27)39(15-30-21)20-7-6-14-43-20/h8-11,15,20H,4-7,12-14H2,1-3H3,(H,31,40)(H3,29,32,34,35). The average molecular weight is 588 g/mol.